The van der Waals surface area contributed by atoms with Gasteiger partial charge < -0.3 is 4.74 Å². The number of non-ortho nitro benzene ring substituents is 2. The zero-order valence-electron chi connectivity index (χ0n) is 15.8. The summed E-state index contributed by atoms with van der Waals surface area (Å²) >= 11 is 0. The summed E-state index contributed by atoms with van der Waals surface area (Å²) in [6, 6.07) is 11.3. The van der Waals surface area contributed by atoms with Crippen LogP contribution in [-0.2, 0) is 14.3 Å². The smallest absolute Gasteiger partial charge is 0.270 e. The second kappa shape index (κ2) is 11.5. The molecule has 0 spiro atoms. The van der Waals surface area contributed by atoms with Gasteiger partial charge in [0.1, 0.15) is 13.2 Å². The van der Waals surface area contributed by atoms with Crippen molar-refractivity contribution in [2.75, 3.05) is 13.2 Å². The van der Waals surface area contributed by atoms with Crippen molar-refractivity contribution in [3.05, 3.63) is 79.9 Å². The number of nitrogens with zero attached hydrogens (tertiary/aromatic N) is 4. The van der Waals surface area contributed by atoms with Crippen LogP contribution in [0, 0.1) is 20.2 Å². The standard InChI is InChI=1S/C18H16N6O7/c25-17(21-19-9-13-3-1-5-15(7-13)23(27)28)11-31-12-18(26)22-20-10-14-4-2-6-16(8-14)24(29)30/h1-10H,11-12H2,(H,21,25)(H,22,26)/b19-9-,20-10-. The number of amides is 2. The molecule has 0 heterocycles. The van der Waals surface area contributed by atoms with Crippen LogP contribution in [0.15, 0.2) is 58.7 Å². The maximum Gasteiger partial charge on any atom is 0.270 e. The third kappa shape index (κ3) is 8.16. The van der Waals surface area contributed by atoms with Crippen molar-refractivity contribution in [2.24, 2.45) is 10.2 Å². The highest BCUT2D eigenvalue weighted by Gasteiger charge is 2.06. The van der Waals surface area contributed by atoms with Gasteiger partial charge in [-0.25, -0.2) is 10.9 Å². The number of nitro benzene ring substituents is 2. The summed E-state index contributed by atoms with van der Waals surface area (Å²) in [4.78, 5) is 43.5. The zero-order chi connectivity index (χ0) is 22.6. The summed E-state index contributed by atoms with van der Waals surface area (Å²) in [7, 11) is 0. The first-order chi connectivity index (χ1) is 14.8. The van der Waals surface area contributed by atoms with Crippen molar-refractivity contribution >= 4 is 35.6 Å². The average molecular weight is 428 g/mol. The Morgan fingerprint density at radius 1 is 0.839 bits per heavy atom. The Hall–Kier alpha value is -4.52. The van der Waals surface area contributed by atoms with Crippen LogP contribution in [0.1, 0.15) is 11.1 Å². The predicted octanol–water partition coefficient (Wildman–Crippen LogP) is 1.12. The Labute approximate surface area is 174 Å². The number of carbonyl (C=O) groups is 2. The third-order valence-electron chi connectivity index (χ3n) is 3.43. The van der Waals surface area contributed by atoms with Crippen molar-refractivity contribution in [1.82, 2.24) is 10.9 Å². The van der Waals surface area contributed by atoms with Crippen LogP contribution >= 0.6 is 0 Å². The highest BCUT2D eigenvalue weighted by molar-refractivity contribution is 5.84. The third-order valence-corrected chi connectivity index (χ3v) is 3.43. The van der Waals surface area contributed by atoms with E-state index >= 15 is 0 Å². The lowest BCUT2D eigenvalue weighted by Gasteiger charge is -2.02. The van der Waals surface area contributed by atoms with Crippen LogP contribution in [0.5, 0.6) is 0 Å². The predicted molar refractivity (Wildman–Crippen MR) is 108 cm³/mol. The SMILES string of the molecule is O=C(COCC(=O)N/N=C\c1cccc([N+](=O)[O-])c1)N/N=C\c1cccc([N+](=O)[O-])c1. The first kappa shape index (κ1) is 22.8. The fraction of sp³-hybridized carbons (Fsp3) is 0.111. The number of benzene rings is 2. The monoisotopic (exact) mass is 428 g/mol. The summed E-state index contributed by atoms with van der Waals surface area (Å²) in [5, 5.41) is 28.7. The van der Waals surface area contributed by atoms with Crippen molar-refractivity contribution in [3.8, 4) is 0 Å². The second-order valence-electron chi connectivity index (χ2n) is 5.78. The van der Waals surface area contributed by atoms with Gasteiger partial charge in [-0.1, -0.05) is 24.3 Å². The van der Waals surface area contributed by atoms with Crippen molar-refractivity contribution in [3.63, 3.8) is 0 Å². The van der Waals surface area contributed by atoms with Gasteiger partial charge in [-0.2, -0.15) is 10.2 Å². The first-order valence-corrected chi connectivity index (χ1v) is 8.55. The van der Waals surface area contributed by atoms with E-state index in [0.29, 0.717) is 11.1 Å². The van der Waals surface area contributed by atoms with Crippen LogP contribution in [0.2, 0.25) is 0 Å². The number of hydrazone groups is 2. The van der Waals surface area contributed by atoms with Crippen LogP contribution < -0.4 is 10.9 Å². The molecular formula is C18H16N6O7. The summed E-state index contributed by atoms with van der Waals surface area (Å²) in [6.07, 6.45) is 2.44. The fourth-order valence-corrected chi connectivity index (χ4v) is 2.10. The minimum atomic E-state index is -0.644. The highest BCUT2D eigenvalue weighted by Crippen LogP contribution is 2.12. The van der Waals surface area contributed by atoms with E-state index in [1.165, 1.54) is 48.8 Å². The van der Waals surface area contributed by atoms with Gasteiger partial charge in [0.25, 0.3) is 23.2 Å². The molecule has 2 aromatic carbocycles. The van der Waals surface area contributed by atoms with E-state index in [0.717, 1.165) is 0 Å². The molecule has 2 N–H and O–H groups in total. The molecule has 0 saturated carbocycles. The minimum Gasteiger partial charge on any atom is -0.362 e. The number of nitrogens with one attached hydrogen (secondary N) is 2. The Kier molecular flexibility index (Phi) is 8.43. The molecule has 0 saturated heterocycles. The number of nitro groups is 2. The van der Waals surface area contributed by atoms with Gasteiger partial charge in [0.15, 0.2) is 0 Å². The van der Waals surface area contributed by atoms with E-state index in [4.69, 9.17) is 4.74 Å². The number of hydrogen-bond donors (Lipinski definition) is 2. The largest absolute Gasteiger partial charge is 0.362 e. The average Bonchev–Trinajstić information content (AvgIpc) is 2.74. The number of rotatable bonds is 10. The molecule has 0 radical (unpaired) electrons. The van der Waals surface area contributed by atoms with Gasteiger partial charge in [-0.3, -0.25) is 29.8 Å². The molecule has 2 rings (SSSR count). The van der Waals surface area contributed by atoms with Crippen molar-refractivity contribution < 1.29 is 24.2 Å². The molecule has 0 unspecified atom stereocenters. The van der Waals surface area contributed by atoms with Crippen LogP contribution in [-0.4, -0.2) is 47.3 Å². The Morgan fingerprint density at radius 2 is 1.26 bits per heavy atom. The topological polar surface area (TPSA) is 178 Å². The molecule has 0 atom stereocenters. The molecular weight excluding hydrogens is 412 g/mol. The molecule has 0 aliphatic heterocycles. The lowest BCUT2D eigenvalue weighted by atomic mass is 10.2. The molecule has 0 aliphatic rings. The number of ether oxygens (including phenoxy) is 1. The molecule has 160 valence electrons. The normalized spacial score (nSPS) is 10.8. The van der Waals surface area contributed by atoms with Crippen molar-refractivity contribution in [2.45, 2.75) is 0 Å². The van der Waals surface area contributed by atoms with E-state index in [1.54, 1.807) is 12.1 Å². The van der Waals surface area contributed by atoms with Crippen molar-refractivity contribution in [1.29, 1.82) is 0 Å². The van der Waals surface area contributed by atoms with Crippen LogP contribution in [0.3, 0.4) is 0 Å². The molecule has 2 amide bonds. The maximum absolute atomic E-state index is 11.6. The van der Waals surface area contributed by atoms with Crippen LogP contribution in [0.4, 0.5) is 11.4 Å². The van der Waals surface area contributed by atoms with E-state index in [9.17, 15) is 29.8 Å². The second-order valence-corrected chi connectivity index (χ2v) is 5.78. The lowest BCUT2D eigenvalue weighted by molar-refractivity contribution is -0.385. The van der Waals surface area contributed by atoms with Gasteiger partial charge in [0.2, 0.25) is 0 Å². The van der Waals surface area contributed by atoms with Gasteiger partial charge in [-0.15, -0.1) is 0 Å². The minimum absolute atomic E-state index is 0.113. The van der Waals surface area contributed by atoms with Gasteiger partial charge in [0.05, 0.1) is 22.3 Å². The Balaban J connectivity index is 1.69. The molecule has 0 fully saturated rings. The maximum atomic E-state index is 11.6. The summed E-state index contributed by atoms with van der Waals surface area (Å²) < 4.78 is 4.91. The molecule has 0 aliphatic carbocycles. The van der Waals surface area contributed by atoms with E-state index < -0.39 is 34.9 Å². The fourth-order valence-electron chi connectivity index (χ4n) is 2.10. The molecule has 0 bridgehead atoms. The summed E-state index contributed by atoms with van der Waals surface area (Å²) in [6.45, 7) is -0.928. The first-order valence-electron chi connectivity index (χ1n) is 8.55. The number of carbonyl (C=O) groups excluding carboxylic acids is 2. The van der Waals surface area contributed by atoms with Crippen LogP contribution in [0.25, 0.3) is 0 Å². The highest BCUT2D eigenvalue weighted by atomic mass is 16.6. The van der Waals surface area contributed by atoms with E-state index in [-0.39, 0.29) is 11.4 Å². The molecule has 31 heavy (non-hydrogen) atoms. The van der Waals surface area contributed by atoms with E-state index in [1.807, 2.05) is 0 Å². The number of hydrogen-bond acceptors (Lipinski definition) is 9. The Morgan fingerprint density at radius 3 is 1.65 bits per heavy atom. The molecule has 0 aromatic heterocycles. The summed E-state index contributed by atoms with van der Waals surface area (Å²) in [5.74, 6) is -1.29. The lowest BCUT2D eigenvalue weighted by Crippen LogP contribution is -2.28. The quantitative estimate of drug-likeness (QED) is 0.323. The molecule has 13 heteroatoms. The summed E-state index contributed by atoms with van der Waals surface area (Å²) in [5.41, 5.74) is 4.90. The zero-order valence-corrected chi connectivity index (χ0v) is 15.8. The van der Waals surface area contributed by atoms with E-state index in [2.05, 4.69) is 21.1 Å². The van der Waals surface area contributed by atoms with Gasteiger partial charge in [-0.05, 0) is 0 Å². The molecule has 13 nitrogen and oxygen atoms in total. The van der Waals surface area contributed by atoms with Gasteiger partial charge >= 0.3 is 0 Å². The molecule has 2 aromatic rings. The Bertz CT molecular complexity index is 956. The van der Waals surface area contributed by atoms with Gasteiger partial charge in [0, 0.05) is 35.4 Å².